The minimum atomic E-state index is -4.52. The number of aliphatic hydroxyl groups is 1. The number of nitrogens with two attached hydrogens (primary N) is 1. The van der Waals surface area contributed by atoms with Crippen molar-refractivity contribution in [3.8, 4) is 0 Å². The maximum Gasteiger partial charge on any atom is 0.417 e. The molecular weight excluding hydrogens is 243 g/mol. The lowest BCUT2D eigenvalue weighted by Crippen LogP contribution is -2.24. The first-order valence-electron chi connectivity index (χ1n) is 4.54. The lowest BCUT2D eigenvalue weighted by Gasteiger charge is -2.19. The molecule has 0 aliphatic rings. The molecule has 0 amide bonds. The Hall–Kier alpha value is -0.780. The van der Waals surface area contributed by atoms with Crippen molar-refractivity contribution < 1.29 is 18.3 Å². The van der Waals surface area contributed by atoms with E-state index in [-0.39, 0.29) is 5.56 Å². The first kappa shape index (κ1) is 13.3. The van der Waals surface area contributed by atoms with Crippen molar-refractivity contribution >= 4 is 11.6 Å². The predicted octanol–water partition coefficient (Wildman–Crippen LogP) is 2.74. The summed E-state index contributed by atoms with van der Waals surface area (Å²) in [6, 6.07) is 2.52. The van der Waals surface area contributed by atoms with Crippen LogP contribution in [0.4, 0.5) is 13.2 Å². The first-order valence-corrected chi connectivity index (χ1v) is 4.92. The van der Waals surface area contributed by atoms with Gasteiger partial charge in [-0.15, -0.1) is 0 Å². The van der Waals surface area contributed by atoms with Crippen molar-refractivity contribution in [2.75, 3.05) is 0 Å². The number of alkyl halides is 3. The Kier molecular flexibility index (Phi) is 3.83. The Labute approximate surface area is 95.8 Å². The van der Waals surface area contributed by atoms with Gasteiger partial charge in [-0.1, -0.05) is 23.7 Å². The SMILES string of the molecule is C[C@H](O)[C@H](N)c1cccc(C(F)(F)F)c1Cl. The Morgan fingerprint density at radius 1 is 1.38 bits per heavy atom. The van der Waals surface area contributed by atoms with Gasteiger partial charge < -0.3 is 10.8 Å². The molecule has 3 N–H and O–H groups in total. The predicted molar refractivity (Wildman–Crippen MR) is 55.1 cm³/mol. The number of hydrogen-bond donors (Lipinski definition) is 2. The highest BCUT2D eigenvalue weighted by atomic mass is 35.5. The van der Waals surface area contributed by atoms with Crippen LogP contribution in [0.5, 0.6) is 0 Å². The first-order chi connectivity index (χ1) is 7.25. The number of benzene rings is 1. The van der Waals surface area contributed by atoms with Crippen molar-refractivity contribution in [1.82, 2.24) is 0 Å². The van der Waals surface area contributed by atoms with E-state index in [1.54, 1.807) is 0 Å². The largest absolute Gasteiger partial charge is 0.417 e. The highest BCUT2D eigenvalue weighted by molar-refractivity contribution is 6.32. The summed E-state index contributed by atoms with van der Waals surface area (Å²) in [5.74, 6) is 0. The second kappa shape index (κ2) is 4.61. The zero-order valence-electron chi connectivity index (χ0n) is 8.42. The van der Waals surface area contributed by atoms with Crippen molar-refractivity contribution in [3.63, 3.8) is 0 Å². The van der Waals surface area contributed by atoms with Crippen molar-refractivity contribution in [2.24, 2.45) is 5.73 Å². The maximum atomic E-state index is 12.5. The van der Waals surface area contributed by atoms with Gasteiger partial charge in [-0.25, -0.2) is 0 Å². The molecule has 0 bridgehead atoms. The van der Waals surface area contributed by atoms with Gasteiger partial charge in [-0.3, -0.25) is 0 Å². The average molecular weight is 254 g/mol. The molecule has 0 aliphatic carbocycles. The van der Waals surface area contributed by atoms with Crippen molar-refractivity contribution in [2.45, 2.75) is 25.2 Å². The van der Waals surface area contributed by atoms with Crippen LogP contribution >= 0.6 is 11.6 Å². The van der Waals surface area contributed by atoms with Crippen molar-refractivity contribution in [1.29, 1.82) is 0 Å². The van der Waals surface area contributed by atoms with Crippen LogP contribution in [-0.4, -0.2) is 11.2 Å². The van der Waals surface area contributed by atoms with Crippen LogP contribution in [0.1, 0.15) is 24.1 Å². The van der Waals surface area contributed by atoms with Crippen LogP contribution in [0.3, 0.4) is 0 Å². The lowest BCUT2D eigenvalue weighted by atomic mass is 10.0. The molecule has 0 saturated heterocycles. The molecular formula is C10H11ClF3NO. The minimum absolute atomic E-state index is 0.0893. The number of halogens is 4. The monoisotopic (exact) mass is 253 g/mol. The molecule has 0 radical (unpaired) electrons. The Morgan fingerprint density at radius 3 is 2.38 bits per heavy atom. The van der Waals surface area contributed by atoms with E-state index in [2.05, 4.69) is 0 Å². The topological polar surface area (TPSA) is 46.2 Å². The summed E-state index contributed by atoms with van der Waals surface area (Å²) >= 11 is 5.62. The fraction of sp³-hybridized carbons (Fsp3) is 0.400. The molecule has 2 atom stereocenters. The average Bonchev–Trinajstić information content (AvgIpc) is 2.15. The zero-order chi connectivity index (χ0) is 12.5. The molecule has 0 spiro atoms. The van der Waals surface area contributed by atoms with Gasteiger partial charge in [0.1, 0.15) is 0 Å². The Bertz CT molecular complexity index is 379. The third-order valence-electron chi connectivity index (χ3n) is 2.21. The van der Waals surface area contributed by atoms with E-state index in [1.165, 1.54) is 19.1 Å². The molecule has 1 aromatic rings. The molecule has 0 aromatic heterocycles. The number of hydrogen-bond acceptors (Lipinski definition) is 2. The van der Waals surface area contributed by atoms with Gasteiger partial charge in [-0.05, 0) is 18.6 Å². The zero-order valence-corrected chi connectivity index (χ0v) is 9.18. The van der Waals surface area contributed by atoms with Gasteiger partial charge in [0.2, 0.25) is 0 Å². The van der Waals surface area contributed by atoms with Crippen LogP contribution in [0.2, 0.25) is 5.02 Å². The van der Waals surface area contributed by atoms with E-state index in [0.29, 0.717) is 0 Å². The maximum absolute atomic E-state index is 12.5. The van der Waals surface area contributed by atoms with E-state index in [9.17, 15) is 18.3 Å². The molecule has 0 fully saturated rings. The van der Waals surface area contributed by atoms with Gasteiger partial charge in [0.25, 0.3) is 0 Å². The van der Waals surface area contributed by atoms with Gasteiger partial charge in [0.05, 0.1) is 22.7 Å². The van der Waals surface area contributed by atoms with Crippen LogP contribution in [0.25, 0.3) is 0 Å². The second-order valence-corrected chi connectivity index (χ2v) is 3.85. The highest BCUT2D eigenvalue weighted by Gasteiger charge is 2.34. The smallest absolute Gasteiger partial charge is 0.391 e. The van der Waals surface area contributed by atoms with E-state index in [4.69, 9.17) is 17.3 Å². The summed E-state index contributed by atoms with van der Waals surface area (Å²) in [7, 11) is 0. The van der Waals surface area contributed by atoms with Gasteiger partial charge in [0, 0.05) is 0 Å². The summed E-state index contributed by atoms with van der Waals surface area (Å²) in [5, 5.41) is 8.77. The fourth-order valence-electron chi connectivity index (χ4n) is 1.29. The van der Waals surface area contributed by atoms with Crippen LogP contribution < -0.4 is 5.73 Å². The lowest BCUT2D eigenvalue weighted by molar-refractivity contribution is -0.137. The number of aliphatic hydroxyl groups excluding tert-OH is 1. The molecule has 16 heavy (non-hydrogen) atoms. The summed E-state index contributed by atoms with van der Waals surface area (Å²) in [6.07, 6.45) is -5.49. The Morgan fingerprint density at radius 2 is 1.94 bits per heavy atom. The van der Waals surface area contributed by atoms with Gasteiger partial charge >= 0.3 is 6.18 Å². The molecule has 0 aliphatic heterocycles. The summed E-state index contributed by atoms with van der Waals surface area (Å²) < 4.78 is 37.5. The van der Waals surface area contributed by atoms with Gasteiger partial charge in [-0.2, -0.15) is 13.2 Å². The molecule has 6 heteroatoms. The molecule has 2 nitrogen and oxygen atoms in total. The quantitative estimate of drug-likeness (QED) is 0.851. The van der Waals surface area contributed by atoms with E-state index >= 15 is 0 Å². The van der Waals surface area contributed by atoms with E-state index in [1.807, 2.05) is 0 Å². The molecule has 0 saturated carbocycles. The van der Waals surface area contributed by atoms with Gasteiger partial charge in [0.15, 0.2) is 0 Å². The van der Waals surface area contributed by atoms with Crippen LogP contribution in [0.15, 0.2) is 18.2 Å². The highest BCUT2D eigenvalue weighted by Crippen LogP contribution is 2.37. The second-order valence-electron chi connectivity index (χ2n) is 3.47. The van der Waals surface area contributed by atoms with E-state index in [0.717, 1.165) is 6.07 Å². The molecule has 1 rings (SSSR count). The van der Waals surface area contributed by atoms with Crippen molar-refractivity contribution in [3.05, 3.63) is 34.3 Å². The van der Waals surface area contributed by atoms with E-state index < -0.39 is 28.9 Å². The summed E-state index contributed by atoms with van der Waals surface area (Å²) in [6.45, 7) is 1.39. The van der Waals surface area contributed by atoms with Crippen LogP contribution in [-0.2, 0) is 6.18 Å². The molecule has 1 aromatic carbocycles. The fourth-order valence-corrected chi connectivity index (χ4v) is 1.65. The number of rotatable bonds is 2. The normalized spacial score (nSPS) is 15.9. The molecule has 0 heterocycles. The Balaban J connectivity index is 3.24. The molecule has 90 valence electrons. The van der Waals surface area contributed by atoms with Crippen LogP contribution in [0, 0.1) is 0 Å². The molecule has 0 unspecified atom stereocenters. The standard InChI is InChI=1S/C10H11ClF3NO/c1-5(16)9(15)6-3-2-4-7(8(6)11)10(12,13)14/h2-5,9,16H,15H2,1H3/t5-,9-/m0/s1. The minimum Gasteiger partial charge on any atom is -0.391 e. The summed E-state index contributed by atoms with van der Waals surface area (Å²) in [4.78, 5) is 0. The third-order valence-corrected chi connectivity index (χ3v) is 2.63. The summed E-state index contributed by atoms with van der Waals surface area (Å²) in [5.41, 5.74) is 4.70. The third kappa shape index (κ3) is 2.66.